The lowest BCUT2D eigenvalue weighted by molar-refractivity contribution is -0.117. The van der Waals surface area contributed by atoms with Gasteiger partial charge in [0.2, 0.25) is 5.91 Å². The van der Waals surface area contributed by atoms with Crippen molar-refractivity contribution in [2.45, 2.75) is 26.2 Å². The molecular weight excluding hydrogens is 292 g/mol. The minimum atomic E-state index is -0.312. The van der Waals surface area contributed by atoms with Gasteiger partial charge >= 0.3 is 0 Å². The molecule has 0 saturated carbocycles. The van der Waals surface area contributed by atoms with Crippen LogP contribution in [0, 0.1) is 6.92 Å². The highest BCUT2D eigenvalue weighted by Gasteiger charge is 2.22. The Bertz CT molecular complexity index is 797. The van der Waals surface area contributed by atoms with E-state index < -0.39 is 0 Å². The number of aromatic nitrogens is 2. The monoisotopic (exact) mass is 312 g/mol. The van der Waals surface area contributed by atoms with Gasteiger partial charge in [0.1, 0.15) is 0 Å². The Balaban J connectivity index is 2.09. The maximum absolute atomic E-state index is 12.5. The topological polar surface area (TPSA) is 81.2 Å². The zero-order valence-electron chi connectivity index (χ0n) is 13.2. The summed E-state index contributed by atoms with van der Waals surface area (Å²) in [5.74, 6) is -0.312. The lowest BCUT2D eigenvalue weighted by Gasteiger charge is -2.32. The van der Waals surface area contributed by atoms with Crippen molar-refractivity contribution in [3.63, 3.8) is 0 Å². The van der Waals surface area contributed by atoms with Crippen molar-refractivity contribution >= 4 is 11.6 Å². The van der Waals surface area contributed by atoms with Crippen LogP contribution in [-0.2, 0) is 11.2 Å². The van der Waals surface area contributed by atoms with Crippen LogP contribution in [0.4, 0.5) is 5.69 Å². The Labute approximate surface area is 134 Å². The van der Waals surface area contributed by atoms with Gasteiger partial charge in [0.25, 0.3) is 5.56 Å². The summed E-state index contributed by atoms with van der Waals surface area (Å²) in [5.41, 5.74) is 9.00. The lowest BCUT2D eigenvalue weighted by Crippen LogP contribution is -2.36. The van der Waals surface area contributed by atoms with Crippen molar-refractivity contribution in [3.8, 4) is 5.69 Å². The van der Waals surface area contributed by atoms with Crippen molar-refractivity contribution in [2.75, 3.05) is 18.0 Å². The second kappa shape index (κ2) is 6.24. The van der Waals surface area contributed by atoms with Crippen LogP contribution in [0.15, 0.2) is 35.4 Å². The van der Waals surface area contributed by atoms with Crippen molar-refractivity contribution in [3.05, 3.63) is 52.2 Å². The highest BCUT2D eigenvalue weighted by atomic mass is 16.1. The molecule has 2 aromatic rings. The number of aryl methyl sites for hydroxylation is 1. The number of hydrogen-bond acceptors (Lipinski definition) is 4. The van der Waals surface area contributed by atoms with E-state index in [0.29, 0.717) is 13.0 Å². The molecule has 120 valence electrons. The summed E-state index contributed by atoms with van der Waals surface area (Å²) < 4.78 is 1.74. The number of amides is 1. The van der Waals surface area contributed by atoms with Crippen LogP contribution in [-0.4, -0.2) is 28.5 Å². The molecule has 3 rings (SSSR count). The molecule has 6 heteroatoms. The average molecular weight is 312 g/mol. The number of fused-ring (bicyclic) bond motifs is 1. The van der Waals surface area contributed by atoms with Gasteiger partial charge in [-0.05, 0) is 37.5 Å². The minimum Gasteiger partial charge on any atom is -0.370 e. The summed E-state index contributed by atoms with van der Waals surface area (Å²) in [5, 5.41) is 0. The van der Waals surface area contributed by atoms with E-state index in [4.69, 9.17) is 5.73 Å². The van der Waals surface area contributed by atoms with E-state index in [2.05, 4.69) is 9.88 Å². The zero-order valence-corrected chi connectivity index (χ0v) is 13.2. The average Bonchev–Trinajstić information content (AvgIpc) is 2.53. The number of carbonyl (C=O) groups excluding carboxylic acids is 1. The summed E-state index contributed by atoms with van der Waals surface area (Å²) in [6.07, 6.45) is 5.52. The van der Waals surface area contributed by atoms with Gasteiger partial charge in [-0.1, -0.05) is 0 Å². The molecule has 3 heterocycles. The third-order valence-electron chi connectivity index (χ3n) is 4.23. The van der Waals surface area contributed by atoms with Gasteiger partial charge in [-0.15, -0.1) is 0 Å². The Morgan fingerprint density at radius 3 is 2.87 bits per heavy atom. The van der Waals surface area contributed by atoms with Crippen molar-refractivity contribution in [1.82, 2.24) is 9.55 Å². The molecule has 0 atom stereocenters. The molecule has 0 unspecified atom stereocenters. The van der Waals surface area contributed by atoms with E-state index in [1.165, 1.54) is 0 Å². The predicted molar refractivity (Wildman–Crippen MR) is 88.9 cm³/mol. The zero-order chi connectivity index (χ0) is 16.4. The normalized spacial score (nSPS) is 13.7. The van der Waals surface area contributed by atoms with Crippen LogP contribution in [0.5, 0.6) is 0 Å². The van der Waals surface area contributed by atoms with Crippen LogP contribution in [0.1, 0.15) is 24.1 Å². The molecule has 0 aromatic carbocycles. The SMILES string of the molecule is Cc1ccncc1-n1c2c(ccc1=O)N(CCC(N)=O)CCC2. The summed E-state index contributed by atoms with van der Waals surface area (Å²) >= 11 is 0. The molecule has 2 N–H and O–H groups in total. The summed E-state index contributed by atoms with van der Waals surface area (Å²) in [6, 6.07) is 5.32. The second-order valence-electron chi connectivity index (χ2n) is 5.81. The first-order chi connectivity index (χ1) is 11.1. The smallest absolute Gasteiger partial charge is 0.255 e. The summed E-state index contributed by atoms with van der Waals surface area (Å²) in [4.78, 5) is 29.8. The van der Waals surface area contributed by atoms with Crippen molar-refractivity contribution in [1.29, 1.82) is 0 Å². The third kappa shape index (κ3) is 2.97. The molecule has 6 nitrogen and oxygen atoms in total. The molecule has 0 bridgehead atoms. The van der Waals surface area contributed by atoms with Gasteiger partial charge in [0.05, 0.1) is 17.6 Å². The number of rotatable bonds is 4. The fourth-order valence-corrected chi connectivity index (χ4v) is 3.09. The first-order valence-electron chi connectivity index (χ1n) is 7.77. The Morgan fingerprint density at radius 1 is 1.30 bits per heavy atom. The molecule has 23 heavy (non-hydrogen) atoms. The fourth-order valence-electron chi connectivity index (χ4n) is 3.09. The Kier molecular flexibility index (Phi) is 4.14. The molecule has 1 aliphatic heterocycles. The lowest BCUT2D eigenvalue weighted by atomic mass is 10.1. The first-order valence-corrected chi connectivity index (χ1v) is 7.77. The maximum atomic E-state index is 12.5. The number of nitrogens with two attached hydrogens (primary N) is 1. The number of carbonyl (C=O) groups is 1. The van der Waals surface area contributed by atoms with Crippen molar-refractivity contribution in [2.24, 2.45) is 5.73 Å². The van der Waals surface area contributed by atoms with Crippen LogP contribution >= 0.6 is 0 Å². The number of hydrogen-bond donors (Lipinski definition) is 1. The maximum Gasteiger partial charge on any atom is 0.255 e. The Hall–Kier alpha value is -2.63. The largest absolute Gasteiger partial charge is 0.370 e. The molecule has 0 spiro atoms. The van der Waals surface area contributed by atoms with Crippen LogP contribution in [0.2, 0.25) is 0 Å². The van der Waals surface area contributed by atoms with Gasteiger partial charge in [0.15, 0.2) is 0 Å². The standard InChI is InChI=1S/C17H20N4O2/c1-12-6-8-19-11-15(12)21-14-3-2-9-20(10-7-16(18)22)13(14)4-5-17(21)23/h4-6,8,11H,2-3,7,9-10H2,1H3,(H2,18,22). The number of nitrogens with zero attached hydrogens (tertiary/aromatic N) is 3. The van der Waals surface area contributed by atoms with Gasteiger partial charge in [-0.25, -0.2) is 0 Å². The van der Waals surface area contributed by atoms with E-state index in [-0.39, 0.29) is 11.5 Å². The molecular formula is C17H20N4O2. The molecule has 0 radical (unpaired) electrons. The van der Waals surface area contributed by atoms with Crippen molar-refractivity contribution < 1.29 is 4.79 Å². The number of pyridine rings is 2. The van der Waals surface area contributed by atoms with E-state index in [0.717, 1.165) is 42.0 Å². The summed E-state index contributed by atoms with van der Waals surface area (Å²) in [6.45, 7) is 3.41. The van der Waals surface area contributed by atoms with E-state index in [1.54, 1.807) is 23.0 Å². The number of anilines is 1. The van der Waals surface area contributed by atoms with Gasteiger partial charge in [-0.3, -0.25) is 19.1 Å². The molecule has 1 aliphatic rings. The quantitative estimate of drug-likeness (QED) is 0.919. The van der Waals surface area contributed by atoms with Gasteiger partial charge < -0.3 is 10.6 Å². The van der Waals surface area contributed by atoms with Gasteiger partial charge in [0, 0.05) is 37.5 Å². The first kappa shape index (κ1) is 15.3. The summed E-state index contributed by atoms with van der Waals surface area (Å²) in [7, 11) is 0. The highest BCUT2D eigenvalue weighted by Crippen LogP contribution is 2.28. The molecule has 0 aliphatic carbocycles. The van der Waals surface area contributed by atoms with Crippen LogP contribution < -0.4 is 16.2 Å². The Morgan fingerprint density at radius 2 is 2.13 bits per heavy atom. The van der Waals surface area contributed by atoms with Gasteiger partial charge in [-0.2, -0.15) is 0 Å². The predicted octanol–water partition coefficient (Wildman–Crippen LogP) is 1.17. The van der Waals surface area contributed by atoms with E-state index >= 15 is 0 Å². The molecule has 0 fully saturated rings. The van der Waals surface area contributed by atoms with E-state index in [1.807, 2.05) is 19.1 Å². The molecule has 0 saturated heterocycles. The van der Waals surface area contributed by atoms with E-state index in [9.17, 15) is 9.59 Å². The molecule has 2 aromatic heterocycles. The molecule has 1 amide bonds. The second-order valence-corrected chi connectivity index (χ2v) is 5.81. The van der Waals surface area contributed by atoms with Crippen LogP contribution in [0.25, 0.3) is 5.69 Å². The highest BCUT2D eigenvalue weighted by molar-refractivity contribution is 5.74. The third-order valence-corrected chi connectivity index (χ3v) is 4.23. The fraction of sp³-hybridized carbons (Fsp3) is 0.353. The van der Waals surface area contributed by atoms with Crippen LogP contribution in [0.3, 0.4) is 0 Å². The number of primary amides is 1. The minimum absolute atomic E-state index is 0.0587.